The van der Waals surface area contributed by atoms with Gasteiger partial charge >= 0.3 is 0 Å². The predicted molar refractivity (Wildman–Crippen MR) is 54.6 cm³/mol. The van der Waals surface area contributed by atoms with Crippen molar-refractivity contribution in [1.82, 2.24) is 4.90 Å². The van der Waals surface area contributed by atoms with Crippen LogP contribution in [0.3, 0.4) is 0 Å². The van der Waals surface area contributed by atoms with Crippen LogP contribution in [0.25, 0.3) is 0 Å². The van der Waals surface area contributed by atoms with Gasteiger partial charge in [-0.2, -0.15) is 0 Å². The van der Waals surface area contributed by atoms with Gasteiger partial charge in [0.15, 0.2) is 0 Å². The molecule has 0 spiro atoms. The van der Waals surface area contributed by atoms with E-state index in [9.17, 15) is 9.90 Å². The zero-order valence-electron chi connectivity index (χ0n) is 8.94. The topological polar surface area (TPSA) is 66.6 Å². The van der Waals surface area contributed by atoms with E-state index in [0.29, 0.717) is 0 Å². The van der Waals surface area contributed by atoms with Crippen molar-refractivity contribution in [2.24, 2.45) is 11.7 Å². The van der Waals surface area contributed by atoms with E-state index in [0.717, 1.165) is 25.9 Å². The number of likely N-dealkylation sites (tertiary alicyclic amines) is 1. The summed E-state index contributed by atoms with van der Waals surface area (Å²) in [5.74, 6) is 0.00166. The number of nitrogens with zero attached hydrogens (tertiary/aromatic N) is 1. The summed E-state index contributed by atoms with van der Waals surface area (Å²) < 4.78 is 0. The minimum atomic E-state index is -0.294. The fourth-order valence-electron chi connectivity index (χ4n) is 1.97. The van der Waals surface area contributed by atoms with Crippen molar-refractivity contribution >= 4 is 5.91 Å². The highest BCUT2D eigenvalue weighted by atomic mass is 16.3. The molecule has 1 fully saturated rings. The van der Waals surface area contributed by atoms with E-state index in [-0.39, 0.29) is 24.0 Å². The van der Waals surface area contributed by atoms with E-state index in [4.69, 9.17) is 5.73 Å². The molecule has 1 aliphatic rings. The summed E-state index contributed by atoms with van der Waals surface area (Å²) in [6, 6.07) is -0.212. The standard InChI is InChI=1S/C10H20N2O2/c1-7(10(11)14)12-5-3-4-9(6-12)8(2)13/h7-9,13H,3-6H2,1-2H3,(H2,11,14)/t7-,8+,9-/m0/s1. The number of amides is 1. The zero-order valence-corrected chi connectivity index (χ0v) is 8.94. The Kier molecular flexibility index (Phi) is 3.89. The van der Waals surface area contributed by atoms with Crippen LogP contribution in [0.15, 0.2) is 0 Å². The molecule has 14 heavy (non-hydrogen) atoms. The van der Waals surface area contributed by atoms with Crippen molar-refractivity contribution < 1.29 is 9.90 Å². The second-order valence-corrected chi connectivity index (χ2v) is 4.22. The molecule has 0 aromatic carbocycles. The van der Waals surface area contributed by atoms with Crippen LogP contribution >= 0.6 is 0 Å². The molecular formula is C10H20N2O2. The van der Waals surface area contributed by atoms with E-state index in [1.807, 2.05) is 13.8 Å². The molecule has 82 valence electrons. The summed E-state index contributed by atoms with van der Waals surface area (Å²) in [7, 11) is 0. The van der Waals surface area contributed by atoms with Gasteiger partial charge in [0.05, 0.1) is 12.1 Å². The number of carbonyl (C=O) groups is 1. The van der Waals surface area contributed by atoms with Crippen molar-refractivity contribution in [3.8, 4) is 0 Å². The molecule has 4 heteroatoms. The SMILES string of the molecule is C[C@@H](O)[C@H]1CCCN([C@@H](C)C(N)=O)C1. The Morgan fingerprint density at radius 2 is 2.21 bits per heavy atom. The van der Waals surface area contributed by atoms with E-state index in [1.165, 1.54) is 0 Å². The van der Waals surface area contributed by atoms with E-state index < -0.39 is 0 Å². The molecule has 0 bridgehead atoms. The van der Waals surface area contributed by atoms with Crippen LogP contribution < -0.4 is 5.73 Å². The van der Waals surface area contributed by atoms with Crippen molar-refractivity contribution in [3.63, 3.8) is 0 Å². The van der Waals surface area contributed by atoms with Gasteiger partial charge in [0, 0.05) is 6.54 Å². The summed E-state index contributed by atoms with van der Waals surface area (Å²) in [5, 5.41) is 9.47. The first-order chi connectivity index (χ1) is 6.52. The van der Waals surface area contributed by atoms with Crippen LogP contribution in [-0.2, 0) is 4.79 Å². The largest absolute Gasteiger partial charge is 0.393 e. The zero-order chi connectivity index (χ0) is 10.7. The molecular weight excluding hydrogens is 180 g/mol. The highest BCUT2D eigenvalue weighted by molar-refractivity contribution is 5.79. The van der Waals surface area contributed by atoms with Crippen molar-refractivity contribution in [3.05, 3.63) is 0 Å². The van der Waals surface area contributed by atoms with Crippen LogP contribution in [0.2, 0.25) is 0 Å². The van der Waals surface area contributed by atoms with Crippen LogP contribution in [-0.4, -0.2) is 41.1 Å². The van der Waals surface area contributed by atoms with Crippen LogP contribution in [0.4, 0.5) is 0 Å². The van der Waals surface area contributed by atoms with Crippen LogP contribution in [0, 0.1) is 5.92 Å². The van der Waals surface area contributed by atoms with E-state index >= 15 is 0 Å². The molecule has 4 nitrogen and oxygen atoms in total. The number of carbonyl (C=O) groups excluding carboxylic acids is 1. The third-order valence-electron chi connectivity index (χ3n) is 3.13. The number of hydrogen-bond donors (Lipinski definition) is 2. The first-order valence-corrected chi connectivity index (χ1v) is 5.23. The third kappa shape index (κ3) is 2.69. The monoisotopic (exact) mass is 200 g/mol. The molecule has 0 aliphatic carbocycles. The molecule has 0 radical (unpaired) electrons. The highest BCUT2D eigenvalue weighted by Gasteiger charge is 2.28. The lowest BCUT2D eigenvalue weighted by Gasteiger charge is -2.36. The molecule has 0 aromatic rings. The van der Waals surface area contributed by atoms with Gasteiger partial charge in [0.25, 0.3) is 0 Å². The molecule has 3 atom stereocenters. The van der Waals surface area contributed by atoms with Crippen LogP contribution in [0.5, 0.6) is 0 Å². The fourth-order valence-corrected chi connectivity index (χ4v) is 1.97. The Hall–Kier alpha value is -0.610. The minimum Gasteiger partial charge on any atom is -0.393 e. The Labute approximate surface area is 85.1 Å². The Morgan fingerprint density at radius 3 is 2.71 bits per heavy atom. The number of rotatable bonds is 3. The van der Waals surface area contributed by atoms with Crippen LogP contribution in [0.1, 0.15) is 26.7 Å². The minimum absolute atomic E-state index is 0.212. The quantitative estimate of drug-likeness (QED) is 0.671. The van der Waals surface area contributed by atoms with Gasteiger partial charge in [0.2, 0.25) is 5.91 Å². The number of nitrogens with two attached hydrogens (primary N) is 1. The molecule has 1 amide bonds. The normalized spacial score (nSPS) is 28.4. The molecule has 0 saturated carbocycles. The van der Waals surface area contributed by atoms with Gasteiger partial charge in [-0.1, -0.05) is 0 Å². The maximum atomic E-state index is 11.0. The lowest BCUT2D eigenvalue weighted by atomic mass is 9.92. The van der Waals surface area contributed by atoms with Crippen molar-refractivity contribution in [2.45, 2.75) is 38.8 Å². The Balaban J connectivity index is 2.51. The summed E-state index contributed by atoms with van der Waals surface area (Å²) in [6.07, 6.45) is 1.78. The molecule has 3 N–H and O–H groups in total. The van der Waals surface area contributed by atoms with E-state index in [2.05, 4.69) is 4.90 Å². The first kappa shape index (κ1) is 11.5. The fraction of sp³-hybridized carbons (Fsp3) is 0.900. The third-order valence-corrected chi connectivity index (χ3v) is 3.13. The number of piperidine rings is 1. The molecule has 0 unspecified atom stereocenters. The number of primary amides is 1. The molecule has 1 saturated heterocycles. The first-order valence-electron chi connectivity index (χ1n) is 5.23. The smallest absolute Gasteiger partial charge is 0.234 e. The predicted octanol–water partition coefficient (Wildman–Crippen LogP) is -0.0470. The molecule has 1 rings (SSSR count). The average Bonchev–Trinajstić information content (AvgIpc) is 2.16. The van der Waals surface area contributed by atoms with Gasteiger partial charge in [-0.05, 0) is 39.2 Å². The Bertz CT molecular complexity index is 206. The summed E-state index contributed by atoms with van der Waals surface area (Å²) in [4.78, 5) is 13.1. The summed E-state index contributed by atoms with van der Waals surface area (Å²) in [6.45, 7) is 5.32. The van der Waals surface area contributed by atoms with Gasteiger partial charge < -0.3 is 10.8 Å². The second kappa shape index (κ2) is 4.75. The summed E-state index contributed by atoms with van der Waals surface area (Å²) >= 11 is 0. The number of aliphatic hydroxyl groups is 1. The van der Waals surface area contributed by atoms with Gasteiger partial charge in [0.1, 0.15) is 0 Å². The van der Waals surface area contributed by atoms with Crippen molar-refractivity contribution in [1.29, 1.82) is 0 Å². The molecule has 1 aliphatic heterocycles. The highest BCUT2D eigenvalue weighted by Crippen LogP contribution is 2.21. The second-order valence-electron chi connectivity index (χ2n) is 4.22. The average molecular weight is 200 g/mol. The lowest BCUT2D eigenvalue weighted by molar-refractivity contribution is -0.123. The number of hydrogen-bond acceptors (Lipinski definition) is 3. The van der Waals surface area contributed by atoms with Gasteiger partial charge in [-0.15, -0.1) is 0 Å². The Morgan fingerprint density at radius 1 is 1.57 bits per heavy atom. The molecule has 0 aromatic heterocycles. The summed E-state index contributed by atoms with van der Waals surface area (Å²) in [5.41, 5.74) is 5.25. The molecule has 1 heterocycles. The van der Waals surface area contributed by atoms with Gasteiger partial charge in [-0.25, -0.2) is 0 Å². The maximum Gasteiger partial charge on any atom is 0.234 e. The maximum absolute atomic E-state index is 11.0. The lowest BCUT2D eigenvalue weighted by Crippen LogP contribution is -2.49. The number of aliphatic hydroxyl groups excluding tert-OH is 1. The van der Waals surface area contributed by atoms with Gasteiger partial charge in [-0.3, -0.25) is 9.69 Å². The van der Waals surface area contributed by atoms with Crippen molar-refractivity contribution in [2.75, 3.05) is 13.1 Å². The van der Waals surface area contributed by atoms with E-state index in [1.54, 1.807) is 0 Å².